The third kappa shape index (κ3) is 2.37. The van der Waals surface area contributed by atoms with E-state index in [4.69, 9.17) is 12.2 Å². The first-order valence-corrected chi connectivity index (χ1v) is 3.88. The lowest BCUT2D eigenvalue weighted by molar-refractivity contribution is 0.735. The molecule has 0 saturated heterocycles. The fourth-order valence-electron chi connectivity index (χ4n) is 1.05. The average Bonchev–Trinajstić information content (AvgIpc) is 2.03. The third-order valence-corrected chi connectivity index (χ3v) is 1.52. The molecule has 0 amide bonds. The van der Waals surface area contributed by atoms with Crippen LogP contribution in [0.5, 0.6) is 0 Å². The fourth-order valence-corrected chi connectivity index (χ4v) is 1.05. The smallest absolute Gasteiger partial charge is 0.0428 e. The Morgan fingerprint density at radius 3 is 3.00 bits per heavy atom. The van der Waals surface area contributed by atoms with Gasteiger partial charge in [0, 0.05) is 24.0 Å². The Morgan fingerprint density at radius 1 is 1.67 bits per heavy atom. The van der Waals surface area contributed by atoms with Crippen LogP contribution >= 0.6 is 0 Å². The number of aromatic nitrogens is 1. The van der Waals surface area contributed by atoms with E-state index in [0.29, 0.717) is 0 Å². The highest BCUT2D eigenvalue weighted by Gasteiger charge is 1.98. The van der Waals surface area contributed by atoms with Crippen LogP contribution in [-0.2, 0) is 6.42 Å². The van der Waals surface area contributed by atoms with Gasteiger partial charge in [0.1, 0.15) is 0 Å². The summed E-state index contributed by atoms with van der Waals surface area (Å²) >= 11 is 0. The molecule has 1 unspecified atom stereocenters. The zero-order valence-electron chi connectivity index (χ0n) is 7.12. The van der Waals surface area contributed by atoms with E-state index in [2.05, 4.69) is 10.9 Å². The van der Waals surface area contributed by atoms with Gasteiger partial charge in [0.05, 0.1) is 0 Å². The molecule has 0 radical (unpaired) electrons. The second-order valence-electron chi connectivity index (χ2n) is 2.91. The normalized spacial score (nSPS) is 12.1. The van der Waals surface area contributed by atoms with Crippen molar-refractivity contribution in [1.82, 2.24) is 4.98 Å². The maximum Gasteiger partial charge on any atom is 0.0428 e. The van der Waals surface area contributed by atoms with Crippen molar-refractivity contribution in [1.29, 1.82) is 0 Å². The Morgan fingerprint density at radius 2 is 2.42 bits per heavy atom. The van der Waals surface area contributed by atoms with Gasteiger partial charge in [-0.15, -0.1) is 6.42 Å². The molecule has 0 fully saturated rings. The van der Waals surface area contributed by atoms with Gasteiger partial charge in [0.2, 0.25) is 0 Å². The molecule has 0 aliphatic rings. The summed E-state index contributed by atoms with van der Waals surface area (Å²) in [6, 6.07) is 2.09. The molecule has 62 valence electrons. The van der Waals surface area contributed by atoms with Gasteiger partial charge in [0.15, 0.2) is 0 Å². The SMILES string of the molecule is C#Cc1cncc(CC(C)N)c1. The van der Waals surface area contributed by atoms with Gasteiger partial charge in [0.25, 0.3) is 0 Å². The highest BCUT2D eigenvalue weighted by atomic mass is 14.6. The summed E-state index contributed by atoms with van der Waals surface area (Å²) in [4.78, 5) is 4.01. The highest BCUT2D eigenvalue weighted by Crippen LogP contribution is 2.03. The monoisotopic (exact) mass is 160 g/mol. The maximum atomic E-state index is 5.64. The number of nitrogens with two attached hydrogens (primary N) is 1. The lowest BCUT2D eigenvalue weighted by Gasteiger charge is -2.03. The lowest BCUT2D eigenvalue weighted by atomic mass is 10.1. The number of hydrogen-bond acceptors (Lipinski definition) is 2. The predicted molar refractivity (Wildman–Crippen MR) is 49.5 cm³/mol. The van der Waals surface area contributed by atoms with Crippen molar-refractivity contribution in [3.8, 4) is 12.3 Å². The molecule has 12 heavy (non-hydrogen) atoms. The van der Waals surface area contributed by atoms with Crippen molar-refractivity contribution in [2.45, 2.75) is 19.4 Å². The Kier molecular flexibility index (Phi) is 2.84. The van der Waals surface area contributed by atoms with E-state index in [9.17, 15) is 0 Å². The minimum absolute atomic E-state index is 0.153. The molecule has 2 N–H and O–H groups in total. The minimum atomic E-state index is 0.153. The Bertz CT molecular complexity index is 297. The van der Waals surface area contributed by atoms with Gasteiger partial charge in [-0.3, -0.25) is 4.98 Å². The van der Waals surface area contributed by atoms with Crippen LogP contribution in [-0.4, -0.2) is 11.0 Å². The van der Waals surface area contributed by atoms with Gasteiger partial charge in [-0.25, -0.2) is 0 Å². The van der Waals surface area contributed by atoms with Crippen molar-refractivity contribution < 1.29 is 0 Å². The Hall–Kier alpha value is -1.33. The van der Waals surface area contributed by atoms with Gasteiger partial charge in [-0.05, 0) is 25.0 Å². The molecule has 0 aliphatic heterocycles. The number of hydrogen-bond donors (Lipinski definition) is 1. The standard InChI is InChI=1S/C10H12N2/c1-3-9-5-10(4-8(2)11)7-12-6-9/h1,5-8H,4,11H2,2H3. The number of pyridine rings is 1. The summed E-state index contributed by atoms with van der Waals surface area (Å²) < 4.78 is 0. The van der Waals surface area contributed by atoms with Crippen LogP contribution in [0, 0.1) is 12.3 Å². The van der Waals surface area contributed by atoms with Crippen LogP contribution in [0.4, 0.5) is 0 Å². The predicted octanol–water partition coefficient (Wildman–Crippen LogP) is 0.953. The molecule has 0 saturated carbocycles. The Balaban J connectivity index is 2.81. The molecule has 1 heterocycles. The average molecular weight is 160 g/mol. The summed E-state index contributed by atoms with van der Waals surface area (Å²) in [6.07, 6.45) is 9.52. The van der Waals surface area contributed by atoms with Crippen molar-refractivity contribution in [2.24, 2.45) is 5.73 Å². The van der Waals surface area contributed by atoms with Crippen LogP contribution in [0.15, 0.2) is 18.5 Å². The second kappa shape index (κ2) is 3.89. The zero-order valence-corrected chi connectivity index (χ0v) is 7.12. The molecular weight excluding hydrogens is 148 g/mol. The van der Waals surface area contributed by atoms with E-state index in [1.807, 2.05) is 13.0 Å². The van der Waals surface area contributed by atoms with Gasteiger partial charge in [-0.1, -0.05) is 5.92 Å². The van der Waals surface area contributed by atoms with Crippen molar-refractivity contribution >= 4 is 0 Å². The molecule has 2 nitrogen and oxygen atoms in total. The molecule has 2 heteroatoms. The Labute approximate surface area is 72.8 Å². The molecule has 0 spiro atoms. The van der Waals surface area contributed by atoms with Crippen LogP contribution < -0.4 is 5.73 Å². The number of rotatable bonds is 2. The number of terminal acetylenes is 1. The summed E-state index contributed by atoms with van der Waals surface area (Å²) in [5.74, 6) is 2.54. The van der Waals surface area contributed by atoms with Crippen molar-refractivity contribution in [3.63, 3.8) is 0 Å². The first-order chi connectivity index (χ1) is 5.72. The van der Waals surface area contributed by atoms with E-state index in [0.717, 1.165) is 17.5 Å². The van der Waals surface area contributed by atoms with E-state index in [1.54, 1.807) is 12.4 Å². The van der Waals surface area contributed by atoms with E-state index in [1.165, 1.54) is 0 Å². The first kappa shape index (κ1) is 8.76. The van der Waals surface area contributed by atoms with E-state index >= 15 is 0 Å². The summed E-state index contributed by atoms with van der Waals surface area (Å²) in [5, 5.41) is 0. The van der Waals surface area contributed by atoms with Crippen LogP contribution in [0.25, 0.3) is 0 Å². The molecule has 1 rings (SSSR count). The molecule has 1 atom stereocenters. The van der Waals surface area contributed by atoms with Crippen molar-refractivity contribution in [3.05, 3.63) is 29.6 Å². The largest absolute Gasteiger partial charge is 0.328 e. The minimum Gasteiger partial charge on any atom is -0.328 e. The van der Waals surface area contributed by atoms with Gasteiger partial charge < -0.3 is 5.73 Å². The van der Waals surface area contributed by atoms with Crippen LogP contribution in [0.3, 0.4) is 0 Å². The molecule has 1 aromatic rings. The zero-order chi connectivity index (χ0) is 8.97. The highest BCUT2D eigenvalue weighted by molar-refractivity contribution is 5.32. The second-order valence-corrected chi connectivity index (χ2v) is 2.91. The summed E-state index contributed by atoms with van der Waals surface area (Å²) in [6.45, 7) is 1.96. The quantitative estimate of drug-likeness (QED) is 0.654. The molecule has 1 aromatic heterocycles. The maximum absolute atomic E-state index is 5.64. The first-order valence-electron chi connectivity index (χ1n) is 3.88. The molecular formula is C10H12N2. The fraction of sp³-hybridized carbons (Fsp3) is 0.300. The molecule has 0 aromatic carbocycles. The van der Waals surface area contributed by atoms with Gasteiger partial charge in [-0.2, -0.15) is 0 Å². The van der Waals surface area contributed by atoms with Gasteiger partial charge >= 0.3 is 0 Å². The van der Waals surface area contributed by atoms with Crippen molar-refractivity contribution in [2.75, 3.05) is 0 Å². The van der Waals surface area contributed by atoms with Crippen LogP contribution in [0.2, 0.25) is 0 Å². The molecule has 0 bridgehead atoms. The topological polar surface area (TPSA) is 38.9 Å². The van der Waals surface area contributed by atoms with Crippen LogP contribution in [0.1, 0.15) is 18.1 Å². The third-order valence-electron chi connectivity index (χ3n) is 1.52. The summed E-state index contributed by atoms with van der Waals surface area (Å²) in [5.41, 5.74) is 7.55. The van der Waals surface area contributed by atoms with E-state index in [-0.39, 0.29) is 6.04 Å². The summed E-state index contributed by atoms with van der Waals surface area (Å²) in [7, 11) is 0. The van der Waals surface area contributed by atoms with E-state index < -0.39 is 0 Å². The number of nitrogens with zero attached hydrogens (tertiary/aromatic N) is 1. The molecule has 0 aliphatic carbocycles. The lowest BCUT2D eigenvalue weighted by Crippen LogP contribution is -2.17.